The highest BCUT2D eigenvalue weighted by Crippen LogP contribution is 2.26. The summed E-state index contributed by atoms with van der Waals surface area (Å²) in [7, 11) is 1.61. The van der Waals surface area contributed by atoms with Gasteiger partial charge in [-0.1, -0.05) is 29.4 Å². The first-order valence-corrected chi connectivity index (χ1v) is 8.59. The van der Waals surface area contributed by atoms with E-state index >= 15 is 0 Å². The Morgan fingerprint density at radius 2 is 2.30 bits per heavy atom. The van der Waals surface area contributed by atoms with E-state index in [-0.39, 0.29) is 11.9 Å². The van der Waals surface area contributed by atoms with Gasteiger partial charge in [-0.25, -0.2) is 4.98 Å². The second kappa shape index (κ2) is 8.38. The molecular weight excluding hydrogens is 334 g/mol. The number of carbonyl (C=O) groups excluding carboxylic acids is 1. The molecule has 1 heterocycles. The van der Waals surface area contributed by atoms with Crippen molar-refractivity contribution in [3.8, 4) is 5.69 Å². The second-order valence-corrected chi connectivity index (χ2v) is 6.53. The maximum Gasteiger partial charge on any atom is 0.230 e. The van der Waals surface area contributed by atoms with Crippen LogP contribution >= 0.6 is 23.4 Å². The molecule has 2 aromatic rings. The molecule has 0 aliphatic heterocycles. The summed E-state index contributed by atoms with van der Waals surface area (Å²) in [5.41, 5.74) is 1.94. The first-order valence-electron chi connectivity index (χ1n) is 7.23. The van der Waals surface area contributed by atoms with Crippen molar-refractivity contribution < 1.29 is 9.53 Å². The van der Waals surface area contributed by atoms with Crippen LogP contribution in [0.5, 0.6) is 0 Å². The number of aromatic nitrogens is 2. The Morgan fingerprint density at radius 3 is 3.04 bits per heavy atom. The lowest BCUT2D eigenvalue weighted by Gasteiger charge is -2.13. The summed E-state index contributed by atoms with van der Waals surface area (Å²) in [6.45, 7) is 4.36. The number of methoxy groups -OCH3 is 1. The van der Waals surface area contributed by atoms with Crippen molar-refractivity contribution in [2.45, 2.75) is 25.0 Å². The van der Waals surface area contributed by atoms with Crippen molar-refractivity contribution >= 4 is 29.3 Å². The Hall–Kier alpha value is -1.50. The zero-order valence-electron chi connectivity index (χ0n) is 13.4. The van der Waals surface area contributed by atoms with Gasteiger partial charge in [-0.2, -0.15) is 0 Å². The van der Waals surface area contributed by atoms with E-state index in [1.807, 2.05) is 42.8 Å². The molecule has 0 aliphatic rings. The molecule has 23 heavy (non-hydrogen) atoms. The number of hydrogen-bond donors (Lipinski definition) is 1. The van der Waals surface area contributed by atoms with E-state index in [2.05, 4.69) is 10.3 Å². The highest BCUT2D eigenvalue weighted by atomic mass is 35.5. The molecule has 0 fully saturated rings. The van der Waals surface area contributed by atoms with Crippen LogP contribution in [0.4, 0.5) is 0 Å². The van der Waals surface area contributed by atoms with Gasteiger partial charge >= 0.3 is 0 Å². The Morgan fingerprint density at radius 1 is 1.52 bits per heavy atom. The van der Waals surface area contributed by atoms with Crippen LogP contribution in [0.3, 0.4) is 0 Å². The number of rotatable bonds is 7. The average Bonchev–Trinajstić information content (AvgIpc) is 2.96. The standard InChI is InChI=1S/C16H20ClN3O2S/c1-11(9-22-3)19-15(21)10-23-16-18-7-8-20(16)14-6-4-5-13(17)12(14)2/h4-8,11H,9-10H2,1-3H3,(H,19,21). The smallest absolute Gasteiger partial charge is 0.230 e. The van der Waals surface area contributed by atoms with Crippen LogP contribution in [0.25, 0.3) is 5.69 Å². The van der Waals surface area contributed by atoms with E-state index < -0.39 is 0 Å². The van der Waals surface area contributed by atoms with Gasteiger partial charge in [0.05, 0.1) is 18.0 Å². The first-order chi connectivity index (χ1) is 11.0. The molecular formula is C16H20ClN3O2S. The van der Waals surface area contributed by atoms with Crippen LogP contribution in [-0.4, -0.2) is 41.0 Å². The van der Waals surface area contributed by atoms with Crippen molar-refractivity contribution in [1.29, 1.82) is 0 Å². The van der Waals surface area contributed by atoms with Gasteiger partial charge in [-0.3, -0.25) is 9.36 Å². The predicted octanol–water partition coefficient (Wildman–Crippen LogP) is 3.08. The molecule has 5 nitrogen and oxygen atoms in total. The summed E-state index contributed by atoms with van der Waals surface area (Å²) in [6, 6.07) is 5.73. The molecule has 0 saturated carbocycles. The first kappa shape index (κ1) is 17.8. The van der Waals surface area contributed by atoms with Gasteiger partial charge in [-0.05, 0) is 31.5 Å². The van der Waals surface area contributed by atoms with E-state index in [1.165, 1.54) is 11.8 Å². The molecule has 7 heteroatoms. The number of amides is 1. The predicted molar refractivity (Wildman–Crippen MR) is 93.5 cm³/mol. The Bertz CT molecular complexity index is 675. The monoisotopic (exact) mass is 353 g/mol. The van der Waals surface area contributed by atoms with Crippen molar-refractivity contribution in [1.82, 2.24) is 14.9 Å². The normalized spacial score (nSPS) is 12.2. The molecule has 0 bridgehead atoms. The number of nitrogens with zero attached hydrogens (tertiary/aromatic N) is 2. The van der Waals surface area contributed by atoms with E-state index in [4.69, 9.17) is 16.3 Å². The van der Waals surface area contributed by atoms with E-state index in [9.17, 15) is 4.79 Å². The molecule has 0 radical (unpaired) electrons. The fourth-order valence-corrected chi connectivity index (χ4v) is 3.12. The molecule has 1 aromatic heterocycles. The number of carbonyl (C=O) groups is 1. The van der Waals surface area contributed by atoms with Crippen LogP contribution in [0.2, 0.25) is 5.02 Å². The van der Waals surface area contributed by atoms with Crippen LogP contribution in [0, 0.1) is 6.92 Å². The largest absolute Gasteiger partial charge is 0.383 e. The van der Waals surface area contributed by atoms with Crippen LogP contribution in [0.15, 0.2) is 35.7 Å². The Labute approximate surface area is 145 Å². The van der Waals surface area contributed by atoms with Crippen molar-refractivity contribution in [3.05, 3.63) is 41.2 Å². The molecule has 2 rings (SSSR count). The molecule has 0 spiro atoms. The third kappa shape index (κ3) is 4.73. The summed E-state index contributed by atoms with van der Waals surface area (Å²) in [5, 5.41) is 4.34. The third-order valence-electron chi connectivity index (χ3n) is 3.26. The molecule has 1 amide bonds. The van der Waals surface area contributed by atoms with E-state index in [1.54, 1.807) is 13.3 Å². The van der Waals surface area contributed by atoms with Gasteiger partial charge in [0.1, 0.15) is 0 Å². The third-order valence-corrected chi connectivity index (χ3v) is 4.64. The number of ether oxygens (including phenoxy) is 1. The summed E-state index contributed by atoms with van der Waals surface area (Å²) in [5.74, 6) is 0.252. The van der Waals surface area contributed by atoms with Crippen LogP contribution in [0.1, 0.15) is 12.5 Å². The summed E-state index contributed by atoms with van der Waals surface area (Å²) in [6.07, 6.45) is 3.58. The summed E-state index contributed by atoms with van der Waals surface area (Å²) < 4.78 is 6.95. The Balaban J connectivity index is 2.04. The minimum absolute atomic E-state index is 0.0111. The highest BCUT2D eigenvalue weighted by molar-refractivity contribution is 7.99. The summed E-state index contributed by atoms with van der Waals surface area (Å²) in [4.78, 5) is 16.3. The average molecular weight is 354 g/mol. The number of imidazole rings is 1. The number of nitrogens with one attached hydrogen (secondary N) is 1. The number of benzene rings is 1. The summed E-state index contributed by atoms with van der Waals surface area (Å²) >= 11 is 7.57. The number of thioether (sulfide) groups is 1. The van der Waals surface area contributed by atoms with Crippen molar-refractivity contribution in [2.75, 3.05) is 19.5 Å². The molecule has 1 atom stereocenters. The van der Waals surface area contributed by atoms with Gasteiger partial charge in [0.2, 0.25) is 5.91 Å². The maximum absolute atomic E-state index is 11.9. The molecule has 124 valence electrons. The lowest BCUT2D eigenvalue weighted by molar-refractivity contribution is -0.119. The molecule has 0 saturated heterocycles. The van der Waals surface area contributed by atoms with E-state index in [0.29, 0.717) is 17.4 Å². The van der Waals surface area contributed by atoms with Crippen LogP contribution < -0.4 is 5.32 Å². The fourth-order valence-electron chi connectivity index (χ4n) is 2.18. The molecule has 0 aliphatic carbocycles. The SMILES string of the molecule is COCC(C)NC(=O)CSc1nccn1-c1cccc(Cl)c1C. The molecule has 1 aromatic carbocycles. The molecule has 1 unspecified atom stereocenters. The lowest BCUT2D eigenvalue weighted by atomic mass is 10.2. The van der Waals surface area contributed by atoms with Gasteiger partial charge in [0.15, 0.2) is 5.16 Å². The van der Waals surface area contributed by atoms with Gasteiger partial charge in [0.25, 0.3) is 0 Å². The van der Waals surface area contributed by atoms with Gasteiger partial charge in [0, 0.05) is 30.6 Å². The zero-order valence-corrected chi connectivity index (χ0v) is 14.9. The van der Waals surface area contributed by atoms with Gasteiger partial charge < -0.3 is 10.1 Å². The zero-order chi connectivity index (χ0) is 16.8. The van der Waals surface area contributed by atoms with Crippen LogP contribution in [-0.2, 0) is 9.53 Å². The number of halogens is 1. The van der Waals surface area contributed by atoms with Crippen molar-refractivity contribution in [2.24, 2.45) is 0 Å². The minimum atomic E-state index is -0.0445. The number of hydrogen-bond acceptors (Lipinski definition) is 4. The lowest BCUT2D eigenvalue weighted by Crippen LogP contribution is -2.36. The highest BCUT2D eigenvalue weighted by Gasteiger charge is 2.13. The van der Waals surface area contributed by atoms with E-state index in [0.717, 1.165) is 16.4 Å². The minimum Gasteiger partial charge on any atom is -0.383 e. The maximum atomic E-state index is 11.9. The van der Waals surface area contributed by atoms with Gasteiger partial charge in [-0.15, -0.1) is 0 Å². The van der Waals surface area contributed by atoms with Crippen molar-refractivity contribution in [3.63, 3.8) is 0 Å². The fraction of sp³-hybridized carbons (Fsp3) is 0.375. The second-order valence-electron chi connectivity index (χ2n) is 5.18. The molecule has 1 N–H and O–H groups in total. The topological polar surface area (TPSA) is 56.1 Å². The quantitative estimate of drug-likeness (QED) is 0.777. The Kier molecular flexibility index (Phi) is 6.50.